The van der Waals surface area contributed by atoms with Crippen molar-refractivity contribution in [1.82, 2.24) is 14.8 Å². The fourth-order valence-electron chi connectivity index (χ4n) is 3.05. The third-order valence-corrected chi connectivity index (χ3v) is 4.32. The van der Waals surface area contributed by atoms with E-state index in [0.717, 1.165) is 24.0 Å². The summed E-state index contributed by atoms with van der Waals surface area (Å²) in [6.07, 6.45) is 0. The van der Waals surface area contributed by atoms with Crippen molar-refractivity contribution in [2.45, 2.75) is 19.4 Å². The van der Waals surface area contributed by atoms with E-state index < -0.39 is 5.60 Å². The average molecular weight is 336 g/mol. The van der Waals surface area contributed by atoms with Crippen LogP contribution in [0.4, 0.5) is 0 Å². The number of aromatic amines is 1. The Bertz CT molecular complexity index is 712. The van der Waals surface area contributed by atoms with Crippen LogP contribution in [-0.2, 0) is 0 Å². The van der Waals surface area contributed by atoms with E-state index in [1.54, 1.807) is 13.8 Å². The second-order valence-electron chi connectivity index (χ2n) is 6.80. The van der Waals surface area contributed by atoms with Gasteiger partial charge in [0.2, 0.25) is 0 Å². The Kier molecular flexibility index (Phi) is 4.36. The van der Waals surface area contributed by atoms with E-state index in [2.05, 4.69) is 9.88 Å². The fraction of sp³-hybridized carbons (Fsp3) is 0.471. The minimum Gasteiger partial charge on any atom is -0.389 e. The van der Waals surface area contributed by atoms with E-state index in [1.807, 2.05) is 29.2 Å². The number of aliphatic hydroxyl groups is 1. The number of aromatic nitrogens is 1. The van der Waals surface area contributed by atoms with Crippen LogP contribution in [0.3, 0.4) is 0 Å². The molecule has 5 nitrogen and oxygen atoms in total. The molecular formula is C17H22ClN3O2. The molecule has 0 aliphatic carbocycles. The smallest absolute Gasteiger partial charge is 0.270 e. The second-order valence-corrected chi connectivity index (χ2v) is 7.23. The SMILES string of the molecule is CC(C)(O)CN1CCN(C(=O)c2cc3cc(Cl)ccc3[nH]2)CC1. The number of benzene rings is 1. The number of nitrogens with zero attached hydrogens (tertiary/aromatic N) is 2. The summed E-state index contributed by atoms with van der Waals surface area (Å²) in [4.78, 5) is 19.8. The van der Waals surface area contributed by atoms with Crippen molar-refractivity contribution < 1.29 is 9.90 Å². The first-order valence-electron chi connectivity index (χ1n) is 7.84. The molecule has 1 aromatic carbocycles. The fourth-order valence-corrected chi connectivity index (χ4v) is 3.23. The molecule has 0 spiro atoms. The van der Waals surface area contributed by atoms with Gasteiger partial charge in [0.1, 0.15) is 5.69 Å². The molecule has 0 bridgehead atoms. The van der Waals surface area contributed by atoms with Gasteiger partial charge in [0.15, 0.2) is 0 Å². The molecule has 1 aliphatic heterocycles. The van der Waals surface area contributed by atoms with Crippen LogP contribution in [0, 0.1) is 0 Å². The number of hydrogen-bond donors (Lipinski definition) is 2. The molecule has 0 unspecified atom stereocenters. The van der Waals surface area contributed by atoms with Gasteiger partial charge in [-0.05, 0) is 38.1 Å². The van der Waals surface area contributed by atoms with Crippen LogP contribution >= 0.6 is 11.6 Å². The van der Waals surface area contributed by atoms with Crippen molar-refractivity contribution in [3.63, 3.8) is 0 Å². The lowest BCUT2D eigenvalue weighted by molar-refractivity contribution is 0.0177. The first-order chi connectivity index (χ1) is 10.8. The first kappa shape index (κ1) is 16.3. The number of nitrogens with one attached hydrogen (secondary N) is 1. The predicted octanol–water partition coefficient (Wildman–Crippen LogP) is 2.35. The Hall–Kier alpha value is -1.56. The quantitative estimate of drug-likeness (QED) is 0.905. The largest absolute Gasteiger partial charge is 0.389 e. The minimum atomic E-state index is -0.706. The molecule has 1 aliphatic rings. The van der Waals surface area contributed by atoms with Crippen LogP contribution in [0.25, 0.3) is 10.9 Å². The van der Waals surface area contributed by atoms with Crippen LogP contribution < -0.4 is 0 Å². The number of carbonyl (C=O) groups excluding carboxylic acids is 1. The summed E-state index contributed by atoms with van der Waals surface area (Å²) in [5, 5.41) is 11.5. The van der Waals surface area contributed by atoms with E-state index in [-0.39, 0.29) is 5.91 Å². The lowest BCUT2D eigenvalue weighted by Gasteiger charge is -2.37. The van der Waals surface area contributed by atoms with Gasteiger partial charge in [0.25, 0.3) is 5.91 Å². The lowest BCUT2D eigenvalue weighted by Crippen LogP contribution is -2.52. The number of amides is 1. The highest BCUT2D eigenvalue weighted by Gasteiger charge is 2.26. The van der Waals surface area contributed by atoms with Gasteiger partial charge in [-0.1, -0.05) is 11.6 Å². The number of H-pyrrole nitrogens is 1. The molecule has 6 heteroatoms. The molecule has 1 saturated heterocycles. The summed E-state index contributed by atoms with van der Waals surface area (Å²) in [5.41, 5.74) is 0.805. The highest BCUT2D eigenvalue weighted by Crippen LogP contribution is 2.21. The molecule has 124 valence electrons. The Morgan fingerprint density at radius 2 is 1.96 bits per heavy atom. The van der Waals surface area contributed by atoms with Gasteiger partial charge in [-0.25, -0.2) is 0 Å². The normalized spacial score (nSPS) is 17.0. The number of hydrogen-bond acceptors (Lipinski definition) is 3. The van der Waals surface area contributed by atoms with Gasteiger partial charge >= 0.3 is 0 Å². The maximum absolute atomic E-state index is 12.6. The van der Waals surface area contributed by atoms with Crippen LogP contribution in [0.15, 0.2) is 24.3 Å². The molecule has 1 aromatic heterocycles. The van der Waals surface area contributed by atoms with Crippen molar-refractivity contribution in [2.24, 2.45) is 0 Å². The Morgan fingerprint density at radius 3 is 2.61 bits per heavy atom. The van der Waals surface area contributed by atoms with Gasteiger partial charge in [0.05, 0.1) is 5.60 Å². The molecule has 0 atom stereocenters. The second kappa shape index (κ2) is 6.15. The molecule has 1 amide bonds. The average Bonchev–Trinajstić information content (AvgIpc) is 2.88. The molecule has 23 heavy (non-hydrogen) atoms. The number of rotatable bonds is 3. The zero-order valence-corrected chi connectivity index (χ0v) is 14.2. The molecule has 2 heterocycles. The van der Waals surface area contributed by atoms with Gasteiger partial charge in [-0.3, -0.25) is 9.69 Å². The highest BCUT2D eigenvalue weighted by molar-refractivity contribution is 6.31. The molecular weight excluding hydrogens is 314 g/mol. The predicted molar refractivity (Wildman–Crippen MR) is 92.0 cm³/mol. The molecule has 0 radical (unpaired) electrons. The van der Waals surface area contributed by atoms with Crippen molar-refractivity contribution in [3.05, 3.63) is 35.0 Å². The van der Waals surface area contributed by atoms with Crippen LogP contribution in [0.1, 0.15) is 24.3 Å². The van der Waals surface area contributed by atoms with E-state index in [0.29, 0.717) is 30.4 Å². The lowest BCUT2D eigenvalue weighted by atomic mass is 10.1. The van der Waals surface area contributed by atoms with Crippen molar-refractivity contribution in [1.29, 1.82) is 0 Å². The summed E-state index contributed by atoms with van der Waals surface area (Å²) >= 11 is 5.99. The third-order valence-electron chi connectivity index (χ3n) is 4.08. The van der Waals surface area contributed by atoms with Crippen LogP contribution in [-0.4, -0.2) is 64.1 Å². The van der Waals surface area contributed by atoms with E-state index in [4.69, 9.17) is 11.6 Å². The standard InChI is InChI=1S/C17H22ClN3O2/c1-17(2,23)11-20-5-7-21(8-6-20)16(22)15-10-12-9-13(18)3-4-14(12)19-15/h3-4,9-10,19,23H,5-8,11H2,1-2H3. The summed E-state index contributed by atoms with van der Waals surface area (Å²) in [6.45, 7) is 7.14. The van der Waals surface area contributed by atoms with Crippen LogP contribution in [0.2, 0.25) is 5.02 Å². The van der Waals surface area contributed by atoms with E-state index >= 15 is 0 Å². The topological polar surface area (TPSA) is 59.6 Å². The van der Waals surface area contributed by atoms with E-state index in [9.17, 15) is 9.90 Å². The summed E-state index contributed by atoms with van der Waals surface area (Å²) in [6, 6.07) is 7.40. The maximum Gasteiger partial charge on any atom is 0.270 e. The van der Waals surface area contributed by atoms with E-state index in [1.165, 1.54) is 0 Å². The molecule has 2 aromatic rings. The van der Waals surface area contributed by atoms with Gasteiger partial charge < -0.3 is 15.0 Å². The molecule has 1 fully saturated rings. The minimum absolute atomic E-state index is 0.0141. The van der Waals surface area contributed by atoms with Gasteiger partial charge in [-0.2, -0.15) is 0 Å². The zero-order valence-electron chi connectivity index (χ0n) is 13.5. The van der Waals surface area contributed by atoms with Gasteiger partial charge in [0, 0.05) is 48.6 Å². The first-order valence-corrected chi connectivity index (χ1v) is 8.22. The highest BCUT2D eigenvalue weighted by atomic mass is 35.5. The summed E-state index contributed by atoms with van der Waals surface area (Å²) in [7, 11) is 0. The Morgan fingerprint density at radius 1 is 1.26 bits per heavy atom. The molecule has 0 saturated carbocycles. The van der Waals surface area contributed by atoms with Crippen molar-refractivity contribution >= 4 is 28.4 Å². The van der Waals surface area contributed by atoms with Crippen molar-refractivity contribution in [3.8, 4) is 0 Å². The monoisotopic (exact) mass is 335 g/mol. The Labute approximate surface area is 140 Å². The number of fused-ring (bicyclic) bond motifs is 1. The van der Waals surface area contributed by atoms with Crippen molar-refractivity contribution in [2.75, 3.05) is 32.7 Å². The van der Waals surface area contributed by atoms with Gasteiger partial charge in [-0.15, -0.1) is 0 Å². The Balaban J connectivity index is 1.66. The number of halogens is 1. The molecule has 2 N–H and O–H groups in total. The summed E-state index contributed by atoms with van der Waals surface area (Å²) in [5.74, 6) is 0.0141. The number of β-amino-alcohol motifs (C(OH)–C–C–N with tert-alkyl or cyclic N) is 1. The number of piperazine rings is 1. The molecule has 3 rings (SSSR count). The number of carbonyl (C=O) groups is 1. The third kappa shape index (κ3) is 3.86. The van der Waals surface area contributed by atoms with Crippen LogP contribution in [0.5, 0.6) is 0 Å². The summed E-state index contributed by atoms with van der Waals surface area (Å²) < 4.78 is 0. The maximum atomic E-state index is 12.6. The zero-order chi connectivity index (χ0) is 16.6.